The summed E-state index contributed by atoms with van der Waals surface area (Å²) >= 11 is 0. The van der Waals surface area contributed by atoms with Gasteiger partial charge in [0.2, 0.25) is 0 Å². The number of hydrogen-bond donors (Lipinski definition) is 0. The highest BCUT2D eigenvalue weighted by atomic mass is 16.5. The van der Waals surface area contributed by atoms with Crippen molar-refractivity contribution in [3.63, 3.8) is 0 Å². The van der Waals surface area contributed by atoms with Gasteiger partial charge in [-0.15, -0.1) is 6.58 Å². The van der Waals surface area contributed by atoms with Crippen molar-refractivity contribution in [1.29, 1.82) is 0 Å². The lowest BCUT2D eigenvalue weighted by atomic mass is 9.97. The van der Waals surface area contributed by atoms with Gasteiger partial charge in [0.1, 0.15) is 6.61 Å². The molecule has 0 heterocycles. The minimum atomic E-state index is 0.0593. The van der Waals surface area contributed by atoms with E-state index in [4.69, 9.17) is 4.74 Å². The second-order valence-electron chi connectivity index (χ2n) is 4.33. The Labute approximate surface area is 103 Å². The van der Waals surface area contributed by atoms with Gasteiger partial charge in [-0.05, 0) is 38.3 Å². The maximum absolute atomic E-state index is 12.0. The Bertz CT molecular complexity index is 396. The third-order valence-electron chi connectivity index (χ3n) is 2.66. The van der Waals surface area contributed by atoms with Gasteiger partial charge >= 0.3 is 0 Å². The van der Waals surface area contributed by atoms with Gasteiger partial charge < -0.3 is 4.74 Å². The molecular formula is C15H20O2. The molecule has 0 aliphatic carbocycles. The van der Waals surface area contributed by atoms with Crippen LogP contribution in [0.1, 0.15) is 33.5 Å². The number of carbonyl (C=O) groups is 1. The topological polar surface area (TPSA) is 26.3 Å². The normalized spacial score (nSPS) is 10.3. The summed E-state index contributed by atoms with van der Waals surface area (Å²) in [6.07, 6.45) is 2.56. The van der Waals surface area contributed by atoms with Crippen LogP contribution in [0, 0.1) is 20.8 Å². The average Bonchev–Trinajstić information content (AvgIpc) is 2.23. The van der Waals surface area contributed by atoms with Crippen LogP contribution < -0.4 is 0 Å². The van der Waals surface area contributed by atoms with Gasteiger partial charge in [0.05, 0.1) is 6.61 Å². The van der Waals surface area contributed by atoms with E-state index in [-0.39, 0.29) is 12.4 Å². The number of rotatable bonds is 6. The van der Waals surface area contributed by atoms with Crippen LogP contribution in [0.3, 0.4) is 0 Å². The van der Waals surface area contributed by atoms with Gasteiger partial charge in [0.25, 0.3) is 0 Å². The maximum Gasteiger partial charge on any atom is 0.188 e. The molecule has 0 atom stereocenters. The molecule has 92 valence electrons. The molecule has 2 heteroatoms. The SMILES string of the molecule is C=CCCOCC(=O)c1c(C)cc(C)cc1C. The van der Waals surface area contributed by atoms with Crippen LogP contribution in [0.4, 0.5) is 0 Å². The van der Waals surface area contributed by atoms with Crippen LogP contribution in [0.25, 0.3) is 0 Å². The molecule has 1 rings (SSSR count). The third kappa shape index (κ3) is 3.82. The van der Waals surface area contributed by atoms with Crippen molar-refractivity contribution in [2.45, 2.75) is 27.2 Å². The Kier molecular flexibility index (Phi) is 5.11. The van der Waals surface area contributed by atoms with E-state index in [0.29, 0.717) is 6.61 Å². The fourth-order valence-electron chi connectivity index (χ4n) is 2.02. The molecule has 17 heavy (non-hydrogen) atoms. The van der Waals surface area contributed by atoms with Gasteiger partial charge in [0.15, 0.2) is 5.78 Å². The molecule has 1 aromatic carbocycles. The van der Waals surface area contributed by atoms with Crippen LogP contribution in [0.5, 0.6) is 0 Å². The lowest BCUT2D eigenvalue weighted by molar-refractivity contribution is 0.0767. The Balaban J connectivity index is 2.72. The third-order valence-corrected chi connectivity index (χ3v) is 2.66. The van der Waals surface area contributed by atoms with Crippen LogP contribution in [0.15, 0.2) is 24.8 Å². The first-order chi connectivity index (χ1) is 8.06. The highest BCUT2D eigenvalue weighted by molar-refractivity contribution is 5.99. The first-order valence-corrected chi connectivity index (χ1v) is 5.86. The summed E-state index contributed by atoms with van der Waals surface area (Å²) in [6, 6.07) is 4.06. The van der Waals surface area contributed by atoms with Crippen molar-refractivity contribution in [2.75, 3.05) is 13.2 Å². The van der Waals surface area contributed by atoms with E-state index in [0.717, 1.165) is 23.1 Å². The predicted octanol–water partition coefficient (Wildman–Crippen LogP) is 3.39. The molecule has 2 nitrogen and oxygen atoms in total. The van der Waals surface area contributed by atoms with E-state index in [9.17, 15) is 4.79 Å². The fourth-order valence-corrected chi connectivity index (χ4v) is 2.02. The highest BCUT2D eigenvalue weighted by Gasteiger charge is 2.12. The number of Topliss-reactive ketones (excluding diaryl/α,β-unsaturated/α-hetero) is 1. The van der Waals surface area contributed by atoms with Gasteiger partial charge in [-0.2, -0.15) is 0 Å². The zero-order valence-corrected chi connectivity index (χ0v) is 10.9. The van der Waals surface area contributed by atoms with E-state index >= 15 is 0 Å². The monoisotopic (exact) mass is 232 g/mol. The smallest absolute Gasteiger partial charge is 0.188 e. The summed E-state index contributed by atoms with van der Waals surface area (Å²) in [5, 5.41) is 0. The number of aryl methyl sites for hydroxylation is 3. The number of carbonyl (C=O) groups excluding carboxylic acids is 1. The molecule has 0 bridgehead atoms. The first kappa shape index (κ1) is 13.7. The summed E-state index contributed by atoms with van der Waals surface area (Å²) in [6.45, 7) is 10.3. The van der Waals surface area contributed by atoms with Crippen LogP contribution in [0.2, 0.25) is 0 Å². The Morgan fingerprint density at radius 1 is 1.29 bits per heavy atom. The van der Waals surface area contributed by atoms with E-state index in [1.165, 1.54) is 5.56 Å². The predicted molar refractivity (Wildman–Crippen MR) is 70.6 cm³/mol. The van der Waals surface area contributed by atoms with Crippen molar-refractivity contribution >= 4 is 5.78 Å². The Hall–Kier alpha value is -1.41. The molecule has 0 radical (unpaired) electrons. The van der Waals surface area contributed by atoms with Crippen molar-refractivity contribution in [2.24, 2.45) is 0 Å². The molecule has 0 amide bonds. The fraction of sp³-hybridized carbons (Fsp3) is 0.400. The largest absolute Gasteiger partial charge is 0.373 e. The Morgan fingerprint density at radius 3 is 2.41 bits per heavy atom. The highest BCUT2D eigenvalue weighted by Crippen LogP contribution is 2.17. The van der Waals surface area contributed by atoms with Crippen LogP contribution >= 0.6 is 0 Å². The van der Waals surface area contributed by atoms with E-state index in [1.807, 2.05) is 32.9 Å². The van der Waals surface area contributed by atoms with Gasteiger partial charge in [-0.3, -0.25) is 4.79 Å². The van der Waals surface area contributed by atoms with Crippen molar-refractivity contribution < 1.29 is 9.53 Å². The molecule has 0 spiro atoms. The Morgan fingerprint density at radius 2 is 1.88 bits per heavy atom. The van der Waals surface area contributed by atoms with E-state index < -0.39 is 0 Å². The number of ketones is 1. The van der Waals surface area contributed by atoms with Crippen LogP contribution in [-0.4, -0.2) is 19.0 Å². The minimum Gasteiger partial charge on any atom is -0.373 e. The quantitative estimate of drug-likeness (QED) is 0.427. The first-order valence-electron chi connectivity index (χ1n) is 5.86. The molecule has 0 N–H and O–H groups in total. The van der Waals surface area contributed by atoms with Crippen molar-refractivity contribution in [1.82, 2.24) is 0 Å². The van der Waals surface area contributed by atoms with Gasteiger partial charge in [0, 0.05) is 5.56 Å². The second kappa shape index (κ2) is 6.36. The molecular weight excluding hydrogens is 212 g/mol. The standard InChI is InChI=1S/C15H20O2/c1-5-6-7-17-10-14(16)15-12(3)8-11(2)9-13(15)4/h5,8-9H,1,6-7,10H2,2-4H3. The maximum atomic E-state index is 12.0. The zero-order valence-electron chi connectivity index (χ0n) is 10.9. The summed E-state index contributed by atoms with van der Waals surface area (Å²) < 4.78 is 5.31. The molecule has 0 aromatic heterocycles. The van der Waals surface area contributed by atoms with Gasteiger partial charge in [-0.1, -0.05) is 23.8 Å². The number of hydrogen-bond acceptors (Lipinski definition) is 2. The number of ether oxygens (including phenoxy) is 1. The van der Waals surface area contributed by atoms with Crippen molar-refractivity contribution in [3.8, 4) is 0 Å². The molecule has 0 aliphatic rings. The van der Waals surface area contributed by atoms with Crippen molar-refractivity contribution in [3.05, 3.63) is 47.0 Å². The van der Waals surface area contributed by atoms with E-state index in [1.54, 1.807) is 6.08 Å². The molecule has 1 aromatic rings. The lowest BCUT2D eigenvalue weighted by Crippen LogP contribution is -2.13. The summed E-state index contributed by atoms with van der Waals surface area (Å²) in [5.41, 5.74) is 4.04. The van der Waals surface area contributed by atoms with E-state index in [2.05, 4.69) is 6.58 Å². The van der Waals surface area contributed by atoms with Gasteiger partial charge in [-0.25, -0.2) is 0 Å². The molecule has 0 fully saturated rings. The average molecular weight is 232 g/mol. The number of benzene rings is 1. The minimum absolute atomic E-state index is 0.0593. The lowest BCUT2D eigenvalue weighted by Gasteiger charge is -2.10. The summed E-state index contributed by atoms with van der Waals surface area (Å²) in [4.78, 5) is 12.0. The molecule has 0 saturated carbocycles. The summed E-state index contributed by atoms with van der Waals surface area (Å²) in [7, 11) is 0. The summed E-state index contributed by atoms with van der Waals surface area (Å²) in [5.74, 6) is 0.0593. The zero-order chi connectivity index (χ0) is 12.8. The second-order valence-corrected chi connectivity index (χ2v) is 4.33. The molecule has 0 saturated heterocycles. The molecule has 0 aliphatic heterocycles. The molecule has 0 unspecified atom stereocenters. The van der Waals surface area contributed by atoms with Crippen LogP contribution in [-0.2, 0) is 4.74 Å².